The first-order valence-electron chi connectivity index (χ1n) is 7.65. The number of piperidine rings is 1. The van der Waals surface area contributed by atoms with Gasteiger partial charge in [0, 0.05) is 19.6 Å². The highest BCUT2D eigenvalue weighted by molar-refractivity contribution is 5.22. The van der Waals surface area contributed by atoms with Crippen LogP contribution in [0.1, 0.15) is 24.3 Å². The second-order valence-electron chi connectivity index (χ2n) is 6.32. The molecule has 0 aliphatic carbocycles. The maximum Gasteiger partial charge on any atom is 0.401 e. The van der Waals surface area contributed by atoms with E-state index in [0.29, 0.717) is 19.8 Å². The van der Waals surface area contributed by atoms with Gasteiger partial charge in [-0.2, -0.15) is 13.2 Å². The van der Waals surface area contributed by atoms with E-state index in [-0.39, 0.29) is 5.92 Å². The number of nitrogens with one attached hydrogen (secondary N) is 1. The average molecular weight is 314 g/mol. The number of ether oxygens (including phenoxy) is 1. The summed E-state index contributed by atoms with van der Waals surface area (Å²) in [5.74, 6) is 0.0791. The number of likely N-dealkylation sites (tertiary alicyclic amines) is 1. The van der Waals surface area contributed by atoms with Gasteiger partial charge in [-0.05, 0) is 24.3 Å². The molecule has 3 nitrogen and oxygen atoms in total. The number of hydrogen-bond acceptors (Lipinski definition) is 3. The first-order valence-corrected chi connectivity index (χ1v) is 7.65. The lowest BCUT2D eigenvalue weighted by Gasteiger charge is -2.48. The van der Waals surface area contributed by atoms with Crippen LogP contribution < -0.4 is 5.32 Å². The first-order chi connectivity index (χ1) is 10.5. The van der Waals surface area contributed by atoms with E-state index < -0.39 is 18.3 Å². The zero-order valence-electron chi connectivity index (χ0n) is 12.4. The number of rotatable bonds is 2. The molecule has 2 aliphatic rings. The van der Waals surface area contributed by atoms with Crippen molar-refractivity contribution in [2.24, 2.45) is 0 Å². The quantitative estimate of drug-likeness (QED) is 0.908. The molecule has 2 atom stereocenters. The number of halogens is 3. The third-order valence-corrected chi connectivity index (χ3v) is 4.52. The largest absolute Gasteiger partial charge is 0.401 e. The van der Waals surface area contributed by atoms with Gasteiger partial charge in [-0.1, -0.05) is 30.3 Å². The summed E-state index contributed by atoms with van der Waals surface area (Å²) < 4.78 is 44.4. The summed E-state index contributed by atoms with van der Waals surface area (Å²) in [6.45, 7) is 1.14. The van der Waals surface area contributed by atoms with E-state index in [1.165, 1.54) is 4.90 Å². The summed E-state index contributed by atoms with van der Waals surface area (Å²) in [4.78, 5) is 1.51. The molecule has 0 aromatic heterocycles. The normalized spacial score (nSPS) is 30.6. The van der Waals surface area contributed by atoms with Gasteiger partial charge < -0.3 is 4.74 Å². The van der Waals surface area contributed by atoms with Gasteiger partial charge >= 0.3 is 6.18 Å². The molecule has 2 aliphatic heterocycles. The fraction of sp³-hybridized carbons (Fsp3) is 0.625. The van der Waals surface area contributed by atoms with Crippen LogP contribution in [-0.2, 0) is 4.74 Å². The predicted molar refractivity (Wildman–Crippen MR) is 77.6 cm³/mol. The molecule has 1 N–H and O–H groups in total. The molecule has 1 aromatic rings. The maximum atomic E-state index is 12.8. The fourth-order valence-electron chi connectivity index (χ4n) is 3.63. The van der Waals surface area contributed by atoms with E-state index in [1.54, 1.807) is 0 Å². The number of nitrogens with zero attached hydrogens (tertiary/aromatic N) is 1. The van der Waals surface area contributed by atoms with Gasteiger partial charge in [0.25, 0.3) is 0 Å². The topological polar surface area (TPSA) is 24.5 Å². The Morgan fingerprint density at radius 1 is 1.27 bits per heavy atom. The van der Waals surface area contributed by atoms with Crippen molar-refractivity contribution in [2.75, 3.05) is 32.9 Å². The fourth-order valence-corrected chi connectivity index (χ4v) is 3.63. The molecule has 2 saturated heterocycles. The molecule has 22 heavy (non-hydrogen) atoms. The van der Waals surface area contributed by atoms with E-state index in [2.05, 4.69) is 5.32 Å². The second-order valence-corrected chi connectivity index (χ2v) is 6.32. The SMILES string of the molecule is FC(F)(F)CN1CC(c2ccccc2)CC2(CCNCO2)C1. The molecule has 1 aromatic carbocycles. The lowest BCUT2D eigenvalue weighted by molar-refractivity contribution is -0.174. The average Bonchev–Trinajstić information content (AvgIpc) is 2.46. The number of benzene rings is 1. The van der Waals surface area contributed by atoms with Gasteiger partial charge in [0.2, 0.25) is 0 Å². The molecule has 0 amide bonds. The summed E-state index contributed by atoms with van der Waals surface area (Å²) in [7, 11) is 0. The number of hydrogen-bond donors (Lipinski definition) is 1. The summed E-state index contributed by atoms with van der Waals surface area (Å²) in [6, 6.07) is 9.80. The molecule has 0 bridgehead atoms. The smallest absolute Gasteiger partial charge is 0.358 e. The first kappa shape index (κ1) is 15.8. The predicted octanol–water partition coefficient (Wildman–Crippen LogP) is 2.74. The van der Waals surface area contributed by atoms with E-state index in [1.807, 2.05) is 30.3 Å². The molecule has 3 rings (SSSR count). The monoisotopic (exact) mass is 314 g/mol. The van der Waals surface area contributed by atoms with Crippen molar-refractivity contribution in [3.63, 3.8) is 0 Å². The number of alkyl halides is 3. The molecular weight excluding hydrogens is 293 g/mol. The van der Waals surface area contributed by atoms with Crippen LogP contribution in [0.4, 0.5) is 13.2 Å². The van der Waals surface area contributed by atoms with Crippen LogP contribution in [0.15, 0.2) is 30.3 Å². The zero-order valence-corrected chi connectivity index (χ0v) is 12.4. The van der Waals surface area contributed by atoms with Gasteiger partial charge in [-0.15, -0.1) is 0 Å². The van der Waals surface area contributed by atoms with Crippen LogP contribution in [-0.4, -0.2) is 49.6 Å². The maximum absolute atomic E-state index is 12.8. The van der Waals surface area contributed by atoms with Crippen LogP contribution in [0.3, 0.4) is 0 Å². The van der Waals surface area contributed by atoms with Crippen LogP contribution in [0.5, 0.6) is 0 Å². The van der Waals surface area contributed by atoms with Gasteiger partial charge in [0.1, 0.15) is 0 Å². The molecule has 2 unspecified atom stereocenters. The minimum Gasteiger partial charge on any atom is -0.358 e. The van der Waals surface area contributed by atoms with Crippen LogP contribution in [0, 0.1) is 0 Å². The Hall–Kier alpha value is -1.11. The molecule has 122 valence electrons. The van der Waals surface area contributed by atoms with E-state index in [9.17, 15) is 13.2 Å². The highest BCUT2D eigenvalue weighted by atomic mass is 19.4. The van der Waals surface area contributed by atoms with Gasteiger partial charge in [0.05, 0.1) is 18.9 Å². The van der Waals surface area contributed by atoms with Crippen molar-refractivity contribution >= 4 is 0 Å². The highest BCUT2D eigenvalue weighted by Gasteiger charge is 2.44. The second kappa shape index (κ2) is 6.18. The molecule has 1 spiro atoms. The Balaban J connectivity index is 1.81. The Morgan fingerprint density at radius 3 is 2.68 bits per heavy atom. The van der Waals surface area contributed by atoms with Crippen molar-refractivity contribution in [1.29, 1.82) is 0 Å². The third kappa shape index (κ3) is 3.80. The van der Waals surface area contributed by atoms with E-state index in [0.717, 1.165) is 24.9 Å². The highest BCUT2D eigenvalue weighted by Crippen LogP contribution is 2.38. The van der Waals surface area contributed by atoms with Gasteiger partial charge in [-0.3, -0.25) is 10.2 Å². The Labute approximate surface area is 128 Å². The van der Waals surface area contributed by atoms with Crippen LogP contribution >= 0.6 is 0 Å². The summed E-state index contributed by atoms with van der Waals surface area (Å²) in [5, 5.41) is 3.11. The van der Waals surface area contributed by atoms with Crippen molar-refractivity contribution in [3.05, 3.63) is 35.9 Å². The summed E-state index contributed by atoms with van der Waals surface area (Å²) in [6.07, 6.45) is -2.63. The van der Waals surface area contributed by atoms with Gasteiger partial charge in [0.15, 0.2) is 0 Å². The molecular formula is C16H21F3N2O. The summed E-state index contributed by atoms with van der Waals surface area (Å²) in [5.41, 5.74) is 0.630. The van der Waals surface area contributed by atoms with Crippen molar-refractivity contribution in [1.82, 2.24) is 10.2 Å². The molecule has 2 fully saturated rings. The van der Waals surface area contributed by atoms with Crippen LogP contribution in [0.25, 0.3) is 0 Å². The standard InChI is InChI=1S/C16H21F3N2O/c17-16(18,19)11-21-9-14(13-4-2-1-3-5-13)8-15(10-21)6-7-20-12-22-15/h1-5,14,20H,6-12H2. The Bertz CT molecular complexity index is 486. The van der Waals surface area contributed by atoms with E-state index >= 15 is 0 Å². The van der Waals surface area contributed by atoms with Crippen molar-refractivity contribution in [2.45, 2.75) is 30.5 Å². The third-order valence-electron chi connectivity index (χ3n) is 4.52. The van der Waals surface area contributed by atoms with Gasteiger partial charge in [-0.25, -0.2) is 0 Å². The molecule has 2 heterocycles. The van der Waals surface area contributed by atoms with Crippen molar-refractivity contribution in [3.8, 4) is 0 Å². The Morgan fingerprint density at radius 2 is 2.05 bits per heavy atom. The minimum atomic E-state index is -4.17. The molecule has 0 radical (unpaired) electrons. The molecule has 0 saturated carbocycles. The zero-order chi connectivity index (χ0) is 15.6. The van der Waals surface area contributed by atoms with Crippen molar-refractivity contribution < 1.29 is 17.9 Å². The lowest BCUT2D eigenvalue weighted by Crippen LogP contribution is -2.58. The molecule has 6 heteroatoms. The van der Waals surface area contributed by atoms with Crippen LogP contribution in [0.2, 0.25) is 0 Å². The Kier molecular flexibility index (Phi) is 4.43. The minimum absolute atomic E-state index is 0.0791. The summed E-state index contributed by atoms with van der Waals surface area (Å²) >= 11 is 0. The lowest BCUT2D eigenvalue weighted by atomic mass is 9.79. The van der Waals surface area contributed by atoms with E-state index in [4.69, 9.17) is 4.74 Å².